The second kappa shape index (κ2) is 42.2. The molecule has 20 rings (SSSR count). The van der Waals surface area contributed by atoms with Gasteiger partial charge in [-0.05, 0) is 255 Å². The van der Waals surface area contributed by atoms with E-state index in [1.807, 2.05) is 0 Å². The number of aryl methyl sites for hydroxylation is 8. The summed E-state index contributed by atoms with van der Waals surface area (Å²) in [5.41, 5.74) is 33.6. The number of pyridine rings is 5. The second-order valence-electron chi connectivity index (χ2n) is 48.3. The lowest BCUT2D eigenvalue weighted by atomic mass is 9.86. The average molecular weight is 1960 g/mol. The molecular weight excluding hydrogens is 1780 g/mol. The van der Waals surface area contributed by atoms with Gasteiger partial charge in [-0.25, -0.2) is 22.8 Å². The Hall–Kier alpha value is -9.67. The van der Waals surface area contributed by atoms with Crippen LogP contribution in [0.3, 0.4) is 0 Å². The summed E-state index contributed by atoms with van der Waals surface area (Å²) in [5, 5.41) is 22.2. The van der Waals surface area contributed by atoms with Gasteiger partial charge >= 0.3 is 0 Å². The van der Waals surface area contributed by atoms with Gasteiger partial charge in [-0.3, -0.25) is 0 Å². The Bertz CT molecular complexity index is 7210. The molecule has 736 valence electrons. The van der Waals surface area contributed by atoms with Crippen molar-refractivity contribution in [3.8, 4) is 56.3 Å². The maximum Gasteiger partial charge on any atom is 0.220 e. The van der Waals surface area contributed by atoms with E-state index < -0.39 is 40.4 Å². The monoisotopic (exact) mass is 1960 g/mol. The molecule has 5 fully saturated rings. The Morgan fingerprint density at radius 1 is 0.199 bits per heavy atom. The molecule has 0 amide bonds. The van der Waals surface area contributed by atoms with Crippen LogP contribution in [-0.4, -0.2) is 40.4 Å². The highest BCUT2D eigenvalue weighted by molar-refractivity contribution is 6.94. The second-order valence-corrected chi connectivity index (χ2v) is 71.8. The molecule has 5 nitrogen and oxygen atoms in total. The molecule has 0 radical (unpaired) electrons. The lowest BCUT2D eigenvalue weighted by molar-refractivity contribution is -0.659. The first-order valence-electron chi connectivity index (χ1n) is 54.7. The molecule has 10 heterocycles. The number of hydrogen-bond acceptors (Lipinski definition) is 0. The van der Waals surface area contributed by atoms with Crippen LogP contribution in [0, 0.1) is 48.5 Å². The van der Waals surface area contributed by atoms with Gasteiger partial charge in [0, 0.05) is 35.9 Å². The molecule has 15 aromatic rings. The molecule has 0 spiro atoms. The van der Waals surface area contributed by atoms with Crippen molar-refractivity contribution in [2.24, 2.45) is 35.2 Å². The lowest BCUT2D eigenvalue weighted by Gasteiger charge is -2.36. The summed E-state index contributed by atoms with van der Waals surface area (Å²) in [5.74, 6) is 3.75. The van der Waals surface area contributed by atoms with Crippen LogP contribution in [0.25, 0.3) is 110 Å². The van der Waals surface area contributed by atoms with Crippen molar-refractivity contribution >= 4 is 120 Å². The molecule has 5 saturated heterocycles. The van der Waals surface area contributed by atoms with Crippen molar-refractivity contribution in [1.82, 2.24) is 0 Å². The number of rotatable bonds is 17. The number of benzene rings is 10. The highest BCUT2D eigenvalue weighted by atomic mass is 28.3. The minimum absolute atomic E-state index is 0.530. The highest BCUT2D eigenvalue weighted by Crippen LogP contribution is 2.44. The zero-order valence-corrected chi connectivity index (χ0v) is 97.8. The standard InChI is InChI=1S/C28H38NSi.C27H36NSi.C26H34NSi.2C25H32NSi/c1-19(2)23-17-26(20(3)4)21(5)27(18-23)28-25-11-10-24(30(7)14-8-9-15-30)16-22(25)12-13-29(28)6;1-18(2)22-16-25(19(3)4)20(5)26(17-22)27-24-10-9-23(29(7)13-8-14-29)15-21(24)11-12-28(27)6;1-18(2)22-15-19(3)20(4)25(17-22)26-24-10-9-23(28(6)13-7-8-14-28)16-21(24)11-12-27(26)5;1-17(2)21-14-18(3)19(4)24(16-21)25-23-9-8-22(27(6)12-7-13-27)15-20(23)10-11-26(25)5;1-18(2)20-9-8-19(3)24(17-20)25-23-11-10-22(27(5)14-6-7-15-27)16-21(23)12-13-26(25)4/h10-13,16-20H,8-9,14-15H2,1-7H3;9-12,15-19H,8,13-14H2,1-7H3;9-12,15-18H,7-8,13-14H2,1-6H3;8-11,14-17H,7,12-13H2,1-6H3;8-13,16-18H,6-7,14-15H2,1-5H3/q5*+1. The zero-order valence-electron chi connectivity index (χ0n) is 92.8. The predicted octanol–water partition coefficient (Wildman–Crippen LogP) is 31.3. The van der Waals surface area contributed by atoms with E-state index in [2.05, 4.69) is 455 Å². The molecule has 5 aliphatic rings. The van der Waals surface area contributed by atoms with Gasteiger partial charge in [-0.2, -0.15) is 0 Å². The van der Waals surface area contributed by atoms with Crippen LogP contribution in [0.4, 0.5) is 0 Å². The highest BCUT2D eigenvalue weighted by Gasteiger charge is 2.41. The summed E-state index contributed by atoms with van der Waals surface area (Å²) in [6, 6.07) is 89.2. The van der Waals surface area contributed by atoms with E-state index >= 15 is 0 Å². The van der Waals surface area contributed by atoms with E-state index in [0.717, 1.165) is 0 Å². The van der Waals surface area contributed by atoms with Crippen LogP contribution < -0.4 is 48.8 Å². The first-order valence-corrected chi connectivity index (χ1v) is 69.3. The number of nitrogens with zero attached hydrogens (tertiary/aromatic N) is 5. The Kier molecular flexibility index (Phi) is 31.2. The minimum Gasteiger partial charge on any atom is -0.200 e. The zero-order chi connectivity index (χ0) is 101. The SMILES string of the molecule is Cc1c(-c2c3ccc([Si]4(C)CCC4)cc3cc[n+]2C)cc(C(C)C)cc1C(C)C.Cc1c(-c2c3ccc([Si]4(C)CCCC4)cc3cc[n+]2C)cc(C(C)C)cc1C(C)C.Cc1cc(C(C)C)cc(-c2c3ccc([Si]4(C)CCC4)cc3cc[n+]2C)c1C.Cc1cc(C(C)C)cc(-c2c3ccc([Si]4(C)CCCC4)cc3cc[n+]2C)c1C.Cc1ccc(C(C)C)cc1-c1c2ccc([Si]3(C)CCCC3)cc2cc[n+]1C. The summed E-state index contributed by atoms with van der Waals surface area (Å²) in [4.78, 5) is 0. The van der Waals surface area contributed by atoms with Crippen molar-refractivity contribution < 1.29 is 22.8 Å². The largest absolute Gasteiger partial charge is 0.220 e. The van der Waals surface area contributed by atoms with E-state index in [9.17, 15) is 0 Å². The number of fused-ring (bicyclic) bond motifs is 5. The van der Waals surface area contributed by atoms with Gasteiger partial charge in [0.2, 0.25) is 28.5 Å². The van der Waals surface area contributed by atoms with Gasteiger partial charge in [0.25, 0.3) is 0 Å². The maximum atomic E-state index is 2.59. The average Bonchev–Trinajstić information content (AvgIpc) is 1.16. The van der Waals surface area contributed by atoms with Crippen molar-refractivity contribution in [2.45, 2.75) is 331 Å². The van der Waals surface area contributed by atoms with Gasteiger partial charge in [0.15, 0.2) is 31.0 Å². The van der Waals surface area contributed by atoms with Crippen LogP contribution in [0.1, 0.15) is 268 Å². The molecule has 0 bridgehead atoms. The third-order valence-corrected chi connectivity index (χ3v) is 58.7. The third-order valence-electron chi connectivity index (χ3n) is 35.6. The molecule has 0 aliphatic carbocycles. The van der Waals surface area contributed by atoms with E-state index in [0.29, 0.717) is 41.4 Å². The Balaban J connectivity index is 0.000000127. The van der Waals surface area contributed by atoms with E-state index in [1.165, 1.54) is 300 Å². The van der Waals surface area contributed by atoms with Crippen molar-refractivity contribution in [3.63, 3.8) is 0 Å². The molecule has 5 aromatic heterocycles. The van der Waals surface area contributed by atoms with E-state index in [-0.39, 0.29) is 0 Å². The maximum absolute atomic E-state index is 2.59. The quantitative estimate of drug-likeness (QED) is 0.0639. The Morgan fingerprint density at radius 3 is 0.631 bits per heavy atom. The first kappa shape index (κ1) is 104. The van der Waals surface area contributed by atoms with E-state index in [1.54, 1.807) is 25.9 Å². The normalized spacial score (nSPS) is 16.1. The smallest absolute Gasteiger partial charge is 0.200 e. The van der Waals surface area contributed by atoms with Crippen LogP contribution >= 0.6 is 0 Å². The molecule has 0 N–H and O–H groups in total. The van der Waals surface area contributed by atoms with Gasteiger partial charge in [0.05, 0.1) is 89.6 Å². The Labute approximate surface area is 856 Å². The molecule has 0 unspecified atom stereocenters. The van der Waals surface area contributed by atoms with Crippen LogP contribution in [-0.2, 0) is 35.2 Å². The summed E-state index contributed by atoms with van der Waals surface area (Å²) in [7, 11) is 4.90. The van der Waals surface area contributed by atoms with Crippen LogP contribution in [0.2, 0.25) is 93.2 Å². The fraction of sp³-hybridized carbons (Fsp3) is 0.427. The van der Waals surface area contributed by atoms with Crippen molar-refractivity contribution in [2.75, 3.05) is 0 Å². The minimum atomic E-state index is -1.26. The van der Waals surface area contributed by atoms with Gasteiger partial charge < -0.3 is 0 Å². The Morgan fingerprint density at radius 2 is 0.411 bits per heavy atom. The fourth-order valence-electron chi connectivity index (χ4n) is 24.8. The van der Waals surface area contributed by atoms with Crippen LogP contribution in [0.15, 0.2) is 219 Å². The first-order chi connectivity index (χ1) is 66.9. The molecular formula is C131H172N5Si5+5. The van der Waals surface area contributed by atoms with Crippen molar-refractivity contribution in [1.29, 1.82) is 0 Å². The van der Waals surface area contributed by atoms with Crippen LogP contribution in [0.5, 0.6) is 0 Å². The molecule has 0 atom stereocenters. The van der Waals surface area contributed by atoms with E-state index in [4.69, 9.17) is 0 Å². The summed E-state index contributed by atoms with van der Waals surface area (Å²) < 4.78 is 11.6. The predicted molar refractivity (Wildman–Crippen MR) is 626 cm³/mol. The summed E-state index contributed by atoms with van der Waals surface area (Å²) >= 11 is 0. The fourth-order valence-corrected chi connectivity index (χ4v) is 42.4. The molecule has 0 saturated carbocycles. The molecule has 10 heteroatoms. The lowest BCUT2D eigenvalue weighted by Crippen LogP contribution is -2.50. The molecule has 5 aliphatic heterocycles. The summed E-state index contributed by atoms with van der Waals surface area (Å²) in [6.45, 7) is 61.0. The van der Waals surface area contributed by atoms with Gasteiger partial charge in [-0.1, -0.05) is 364 Å². The molecule has 141 heavy (non-hydrogen) atoms. The summed E-state index contributed by atoms with van der Waals surface area (Å²) in [6.07, 6.45) is 22.6. The number of aromatic nitrogens is 5. The molecule has 10 aromatic carbocycles. The third kappa shape index (κ3) is 21.2. The van der Waals surface area contributed by atoms with Gasteiger partial charge in [-0.15, -0.1) is 0 Å². The topological polar surface area (TPSA) is 19.4 Å². The van der Waals surface area contributed by atoms with Crippen molar-refractivity contribution in [3.05, 3.63) is 297 Å². The number of hydrogen-bond donors (Lipinski definition) is 0. The van der Waals surface area contributed by atoms with Gasteiger partial charge in [0.1, 0.15) is 35.2 Å².